The standard InChI is InChI=1S/C20H25N3O2S/c1-3-23(4-2)20(25)19(15-10-6-5-7-11-15)22-16-12-8-9-13-17(16)26-14-18(21)24/h5-13,19,22H,3-4,14H2,1-2H3,(H2,21,24)/t19-/m0/s1. The van der Waals surface area contributed by atoms with Crippen molar-refractivity contribution in [2.24, 2.45) is 5.73 Å². The van der Waals surface area contributed by atoms with Gasteiger partial charge in [-0.3, -0.25) is 9.59 Å². The number of hydrogen-bond donors (Lipinski definition) is 2. The first-order valence-corrected chi connectivity index (χ1v) is 9.65. The van der Waals surface area contributed by atoms with Crippen molar-refractivity contribution in [2.75, 3.05) is 24.2 Å². The number of primary amides is 1. The number of anilines is 1. The van der Waals surface area contributed by atoms with E-state index in [1.54, 1.807) is 0 Å². The molecule has 2 aromatic carbocycles. The Labute approximate surface area is 159 Å². The number of carbonyl (C=O) groups excluding carboxylic acids is 2. The number of nitrogens with two attached hydrogens (primary N) is 1. The molecule has 2 amide bonds. The number of hydrogen-bond acceptors (Lipinski definition) is 4. The van der Waals surface area contributed by atoms with Crippen LogP contribution < -0.4 is 11.1 Å². The fourth-order valence-electron chi connectivity index (χ4n) is 2.67. The van der Waals surface area contributed by atoms with Gasteiger partial charge in [0.05, 0.1) is 5.75 Å². The van der Waals surface area contributed by atoms with E-state index in [0.29, 0.717) is 13.1 Å². The lowest BCUT2D eigenvalue weighted by molar-refractivity contribution is -0.131. The van der Waals surface area contributed by atoms with Gasteiger partial charge in [0.15, 0.2) is 0 Å². The van der Waals surface area contributed by atoms with Crippen LogP contribution in [0.5, 0.6) is 0 Å². The molecule has 0 aliphatic carbocycles. The Morgan fingerprint density at radius 3 is 2.27 bits per heavy atom. The van der Waals surface area contributed by atoms with E-state index in [2.05, 4.69) is 5.32 Å². The molecule has 2 aromatic rings. The summed E-state index contributed by atoms with van der Waals surface area (Å²) in [6, 6.07) is 16.8. The van der Waals surface area contributed by atoms with E-state index in [1.165, 1.54) is 11.8 Å². The number of thioether (sulfide) groups is 1. The molecule has 0 unspecified atom stereocenters. The molecule has 0 bridgehead atoms. The molecule has 6 heteroatoms. The van der Waals surface area contributed by atoms with Gasteiger partial charge in [0.1, 0.15) is 6.04 Å². The van der Waals surface area contributed by atoms with Crippen LogP contribution in [0.1, 0.15) is 25.5 Å². The molecule has 26 heavy (non-hydrogen) atoms. The van der Waals surface area contributed by atoms with Crippen molar-refractivity contribution < 1.29 is 9.59 Å². The number of benzene rings is 2. The molecule has 0 aliphatic rings. The van der Waals surface area contributed by atoms with Crippen molar-refractivity contribution in [3.8, 4) is 0 Å². The molecule has 0 radical (unpaired) electrons. The minimum absolute atomic E-state index is 0.0240. The SMILES string of the molecule is CCN(CC)C(=O)[C@@H](Nc1ccccc1SCC(N)=O)c1ccccc1. The van der Waals surface area contributed by atoms with Gasteiger partial charge in [-0.25, -0.2) is 0 Å². The molecular weight excluding hydrogens is 346 g/mol. The smallest absolute Gasteiger partial charge is 0.249 e. The van der Waals surface area contributed by atoms with Crippen molar-refractivity contribution in [2.45, 2.75) is 24.8 Å². The Morgan fingerprint density at radius 2 is 1.65 bits per heavy atom. The number of para-hydroxylation sites is 1. The Kier molecular flexibility index (Phi) is 7.53. The number of likely N-dealkylation sites (N-methyl/N-ethyl adjacent to an activating group) is 1. The van der Waals surface area contributed by atoms with E-state index in [-0.39, 0.29) is 17.6 Å². The average Bonchev–Trinajstić information content (AvgIpc) is 2.66. The summed E-state index contributed by atoms with van der Waals surface area (Å²) < 4.78 is 0. The van der Waals surface area contributed by atoms with E-state index < -0.39 is 6.04 Å². The molecule has 0 heterocycles. The van der Waals surface area contributed by atoms with Gasteiger partial charge < -0.3 is 16.0 Å². The maximum atomic E-state index is 13.1. The number of amides is 2. The third-order valence-electron chi connectivity index (χ3n) is 4.01. The molecule has 138 valence electrons. The summed E-state index contributed by atoms with van der Waals surface area (Å²) >= 11 is 1.36. The third-order valence-corrected chi connectivity index (χ3v) is 5.11. The minimum Gasteiger partial charge on any atom is -0.369 e. The Bertz CT molecular complexity index is 733. The fourth-order valence-corrected chi connectivity index (χ4v) is 3.42. The van der Waals surface area contributed by atoms with Gasteiger partial charge in [-0.05, 0) is 31.5 Å². The highest BCUT2D eigenvalue weighted by atomic mass is 32.2. The van der Waals surface area contributed by atoms with Crippen LogP contribution in [0, 0.1) is 0 Å². The Balaban J connectivity index is 2.33. The summed E-state index contributed by atoms with van der Waals surface area (Å²) in [5.74, 6) is -0.155. The summed E-state index contributed by atoms with van der Waals surface area (Å²) in [5, 5.41) is 3.37. The zero-order chi connectivity index (χ0) is 18.9. The van der Waals surface area contributed by atoms with Crippen LogP contribution in [0.4, 0.5) is 5.69 Å². The minimum atomic E-state index is -0.494. The summed E-state index contributed by atoms with van der Waals surface area (Å²) in [6.07, 6.45) is 0. The zero-order valence-electron chi connectivity index (χ0n) is 15.1. The lowest BCUT2D eigenvalue weighted by atomic mass is 10.0. The van der Waals surface area contributed by atoms with E-state index >= 15 is 0 Å². The predicted molar refractivity (Wildman–Crippen MR) is 107 cm³/mol. The van der Waals surface area contributed by atoms with Crippen LogP contribution in [-0.4, -0.2) is 35.6 Å². The van der Waals surface area contributed by atoms with Gasteiger partial charge in [0.25, 0.3) is 0 Å². The first-order chi connectivity index (χ1) is 12.6. The molecule has 3 N–H and O–H groups in total. The van der Waals surface area contributed by atoms with Gasteiger partial charge >= 0.3 is 0 Å². The van der Waals surface area contributed by atoms with E-state index in [1.807, 2.05) is 73.3 Å². The van der Waals surface area contributed by atoms with Crippen LogP contribution in [0.2, 0.25) is 0 Å². The molecule has 0 spiro atoms. The number of rotatable bonds is 9. The Hall–Kier alpha value is -2.47. The van der Waals surface area contributed by atoms with Crippen LogP contribution in [-0.2, 0) is 9.59 Å². The maximum absolute atomic E-state index is 13.1. The van der Waals surface area contributed by atoms with Crippen molar-refractivity contribution in [3.05, 3.63) is 60.2 Å². The van der Waals surface area contributed by atoms with Crippen molar-refractivity contribution in [1.29, 1.82) is 0 Å². The Morgan fingerprint density at radius 1 is 1.04 bits per heavy atom. The predicted octanol–water partition coefficient (Wildman–Crippen LogP) is 3.29. The van der Waals surface area contributed by atoms with Crippen molar-refractivity contribution >= 4 is 29.3 Å². The molecular formula is C20H25N3O2S. The van der Waals surface area contributed by atoms with E-state index in [0.717, 1.165) is 16.1 Å². The maximum Gasteiger partial charge on any atom is 0.249 e. The first kappa shape index (κ1) is 19.8. The lowest BCUT2D eigenvalue weighted by Crippen LogP contribution is -2.37. The first-order valence-electron chi connectivity index (χ1n) is 8.67. The fraction of sp³-hybridized carbons (Fsp3) is 0.300. The molecule has 0 saturated heterocycles. The largest absolute Gasteiger partial charge is 0.369 e. The second-order valence-electron chi connectivity index (χ2n) is 5.75. The second-order valence-corrected chi connectivity index (χ2v) is 6.77. The van der Waals surface area contributed by atoms with Gasteiger partial charge in [-0.15, -0.1) is 11.8 Å². The van der Waals surface area contributed by atoms with E-state index in [4.69, 9.17) is 5.73 Å². The second kappa shape index (κ2) is 9.87. The molecule has 0 fully saturated rings. The molecule has 0 aliphatic heterocycles. The highest BCUT2D eigenvalue weighted by Crippen LogP contribution is 2.30. The molecule has 1 atom stereocenters. The van der Waals surface area contributed by atoms with Crippen molar-refractivity contribution in [3.63, 3.8) is 0 Å². The number of carbonyl (C=O) groups is 2. The summed E-state index contributed by atoms with van der Waals surface area (Å²) in [6.45, 7) is 5.25. The molecule has 5 nitrogen and oxygen atoms in total. The van der Waals surface area contributed by atoms with E-state index in [9.17, 15) is 9.59 Å². The van der Waals surface area contributed by atoms with Crippen LogP contribution in [0.3, 0.4) is 0 Å². The molecule has 0 aromatic heterocycles. The monoisotopic (exact) mass is 371 g/mol. The van der Waals surface area contributed by atoms with Gasteiger partial charge in [0, 0.05) is 23.7 Å². The molecule has 2 rings (SSSR count). The van der Waals surface area contributed by atoms with Gasteiger partial charge in [-0.2, -0.15) is 0 Å². The summed E-state index contributed by atoms with van der Waals surface area (Å²) in [7, 11) is 0. The van der Waals surface area contributed by atoms with Gasteiger partial charge in [-0.1, -0.05) is 42.5 Å². The van der Waals surface area contributed by atoms with Crippen LogP contribution >= 0.6 is 11.8 Å². The summed E-state index contributed by atoms with van der Waals surface area (Å²) in [4.78, 5) is 26.9. The van der Waals surface area contributed by atoms with Crippen molar-refractivity contribution in [1.82, 2.24) is 4.90 Å². The normalized spacial score (nSPS) is 11.6. The lowest BCUT2D eigenvalue weighted by Gasteiger charge is -2.27. The highest BCUT2D eigenvalue weighted by Gasteiger charge is 2.25. The zero-order valence-corrected chi connectivity index (χ0v) is 16.0. The quantitative estimate of drug-likeness (QED) is 0.663. The number of nitrogens with one attached hydrogen (secondary N) is 1. The number of nitrogens with zero attached hydrogens (tertiary/aromatic N) is 1. The average molecular weight is 372 g/mol. The third kappa shape index (κ3) is 5.26. The van der Waals surface area contributed by atoms with Crippen LogP contribution in [0.25, 0.3) is 0 Å². The van der Waals surface area contributed by atoms with Crippen LogP contribution in [0.15, 0.2) is 59.5 Å². The topological polar surface area (TPSA) is 75.4 Å². The van der Waals surface area contributed by atoms with Gasteiger partial charge in [0.2, 0.25) is 11.8 Å². The summed E-state index contributed by atoms with van der Waals surface area (Å²) in [5.41, 5.74) is 6.98. The highest BCUT2D eigenvalue weighted by molar-refractivity contribution is 8.00. The molecule has 0 saturated carbocycles.